The zero-order chi connectivity index (χ0) is 46.6. The van der Waals surface area contributed by atoms with Crippen LogP contribution in [-0.2, 0) is 18.4 Å². The van der Waals surface area contributed by atoms with Crippen LogP contribution in [0.25, 0.3) is 0 Å². The third kappa shape index (κ3) is 30.9. The monoisotopic (exact) mass is 922 g/mol. The number of carbonyl (C=O) groups excluding carboxylic acids is 1. The summed E-state index contributed by atoms with van der Waals surface area (Å²) in [6.45, 7) is 3.76. The Morgan fingerprint density at radius 2 is 0.905 bits per heavy atom. The van der Waals surface area contributed by atoms with Crippen LogP contribution in [0.1, 0.15) is 232 Å². The SMILES string of the molecule is CCCCCCCCCCCCCCC/C=C/C(O)C(COP(=O)(O)OC1C(O)C(O)C(O)C(O)C1O)NC(=O)CC(O)CCCCCCCCCCCCCCCCCCCC. The van der Waals surface area contributed by atoms with E-state index in [1.807, 2.05) is 0 Å². The second-order valence-corrected chi connectivity index (χ2v) is 20.0. The summed E-state index contributed by atoms with van der Waals surface area (Å²) >= 11 is 0. The predicted molar refractivity (Wildman–Crippen MR) is 252 cm³/mol. The fourth-order valence-electron chi connectivity index (χ4n) is 8.42. The van der Waals surface area contributed by atoms with Crippen LogP contribution in [0.4, 0.5) is 0 Å². The van der Waals surface area contributed by atoms with Gasteiger partial charge in [0, 0.05) is 0 Å². The largest absolute Gasteiger partial charge is 0.472 e. The molecule has 1 aliphatic carbocycles. The van der Waals surface area contributed by atoms with Gasteiger partial charge in [0.25, 0.3) is 0 Å². The van der Waals surface area contributed by atoms with Crippen molar-refractivity contribution in [2.75, 3.05) is 6.61 Å². The lowest BCUT2D eigenvalue weighted by atomic mass is 9.85. The van der Waals surface area contributed by atoms with Crippen LogP contribution >= 0.6 is 7.82 Å². The molecule has 0 saturated heterocycles. The van der Waals surface area contributed by atoms with E-state index in [4.69, 9.17) is 9.05 Å². The first-order valence-corrected chi connectivity index (χ1v) is 27.2. The van der Waals surface area contributed by atoms with Gasteiger partial charge in [-0.3, -0.25) is 13.8 Å². The van der Waals surface area contributed by atoms with Crippen LogP contribution in [0.5, 0.6) is 0 Å². The number of aliphatic hydroxyl groups excluding tert-OH is 7. The van der Waals surface area contributed by atoms with Gasteiger partial charge in [-0.25, -0.2) is 4.57 Å². The number of hydrogen-bond donors (Lipinski definition) is 9. The Hall–Kier alpha value is -0.960. The standard InChI is InChI=1S/C49H96NO12P/c1-3-5-7-9-11-13-15-17-19-20-21-23-24-26-28-30-32-34-36-40(51)38-43(53)50-41(39-61-63(59,60)62-49-47(57)45(55)44(54)46(56)48(49)58)42(52)37-35-33-31-29-27-25-22-18-16-14-12-10-8-6-4-2/h35,37,40-42,44-49,51-52,54-58H,3-34,36,38-39H2,1-2H3,(H,50,53)(H,59,60)/b37-35+. The molecule has 8 atom stereocenters. The molecule has 1 aliphatic rings. The van der Waals surface area contributed by atoms with Gasteiger partial charge < -0.3 is 46.0 Å². The first-order valence-electron chi connectivity index (χ1n) is 25.7. The summed E-state index contributed by atoms with van der Waals surface area (Å²) in [4.78, 5) is 23.5. The Morgan fingerprint density at radius 3 is 1.30 bits per heavy atom. The van der Waals surface area contributed by atoms with Crippen LogP contribution in [0.3, 0.4) is 0 Å². The van der Waals surface area contributed by atoms with Crippen LogP contribution in [-0.4, -0.2) is 108 Å². The number of phosphoric ester groups is 1. The molecule has 9 N–H and O–H groups in total. The molecule has 13 nitrogen and oxygen atoms in total. The minimum atomic E-state index is -5.14. The number of allylic oxidation sites excluding steroid dienone is 1. The molecule has 14 heteroatoms. The van der Waals surface area contributed by atoms with Crippen molar-refractivity contribution in [1.29, 1.82) is 0 Å². The van der Waals surface area contributed by atoms with Gasteiger partial charge in [-0.1, -0.05) is 219 Å². The molecule has 0 spiro atoms. The van der Waals surface area contributed by atoms with E-state index in [1.165, 1.54) is 160 Å². The van der Waals surface area contributed by atoms with E-state index in [-0.39, 0.29) is 6.42 Å². The topological polar surface area (TPSA) is 226 Å². The maximum absolute atomic E-state index is 13.0. The molecular formula is C49H96NO12P. The van der Waals surface area contributed by atoms with Gasteiger partial charge in [-0.15, -0.1) is 0 Å². The van der Waals surface area contributed by atoms with Gasteiger partial charge in [0.05, 0.1) is 31.3 Å². The number of carbonyl (C=O) groups is 1. The highest BCUT2D eigenvalue weighted by atomic mass is 31.2. The van der Waals surface area contributed by atoms with E-state index >= 15 is 0 Å². The molecule has 374 valence electrons. The van der Waals surface area contributed by atoms with Crippen molar-refractivity contribution in [3.8, 4) is 0 Å². The molecule has 8 unspecified atom stereocenters. The summed E-state index contributed by atoms with van der Waals surface area (Å²) in [6.07, 6.45) is 28.6. The van der Waals surface area contributed by atoms with E-state index in [0.29, 0.717) is 12.8 Å². The van der Waals surface area contributed by atoms with Crippen molar-refractivity contribution in [2.45, 2.75) is 287 Å². The number of unbranched alkanes of at least 4 members (excludes halogenated alkanes) is 30. The zero-order valence-electron chi connectivity index (χ0n) is 39.8. The van der Waals surface area contributed by atoms with Crippen molar-refractivity contribution in [3.63, 3.8) is 0 Å². The highest BCUT2D eigenvalue weighted by Crippen LogP contribution is 2.47. The molecule has 1 saturated carbocycles. The van der Waals surface area contributed by atoms with Crippen LogP contribution in [0.2, 0.25) is 0 Å². The maximum Gasteiger partial charge on any atom is 0.472 e. The van der Waals surface area contributed by atoms with Gasteiger partial charge in [-0.2, -0.15) is 0 Å². The summed E-state index contributed by atoms with van der Waals surface area (Å²) in [5.74, 6) is -0.588. The molecule has 0 bridgehead atoms. The van der Waals surface area contributed by atoms with E-state index < -0.39 is 75.2 Å². The number of amides is 1. The van der Waals surface area contributed by atoms with Crippen molar-refractivity contribution < 1.29 is 59.0 Å². The number of nitrogens with one attached hydrogen (secondary N) is 1. The Bertz CT molecular complexity index is 1130. The average molecular weight is 922 g/mol. The molecule has 0 aliphatic heterocycles. The Labute approximate surface area is 382 Å². The third-order valence-electron chi connectivity index (χ3n) is 12.6. The van der Waals surface area contributed by atoms with Crippen LogP contribution < -0.4 is 5.32 Å². The number of rotatable bonds is 43. The molecule has 63 heavy (non-hydrogen) atoms. The average Bonchev–Trinajstić information content (AvgIpc) is 3.26. The Balaban J connectivity index is 2.47. The molecule has 0 aromatic carbocycles. The molecule has 0 aromatic heterocycles. The Morgan fingerprint density at radius 1 is 0.556 bits per heavy atom. The second-order valence-electron chi connectivity index (χ2n) is 18.6. The lowest BCUT2D eigenvalue weighted by Gasteiger charge is -2.41. The fourth-order valence-corrected chi connectivity index (χ4v) is 9.39. The number of phosphoric acid groups is 1. The summed E-state index contributed by atoms with van der Waals surface area (Å²) in [6, 6.07) is -1.24. The van der Waals surface area contributed by atoms with Crippen molar-refractivity contribution >= 4 is 13.7 Å². The molecule has 1 rings (SSSR count). The van der Waals surface area contributed by atoms with Gasteiger partial charge in [0.1, 0.15) is 36.6 Å². The fraction of sp³-hybridized carbons (Fsp3) is 0.939. The lowest BCUT2D eigenvalue weighted by Crippen LogP contribution is -2.64. The highest BCUT2D eigenvalue weighted by molar-refractivity contribution is 7.47. The highest BCUT2D eigenvalue weighted by Gasteiger charge is 2.51. The Kier molecular flexibility index (Phi) is 37.3. The molecule has 1 amide bonds. The third-order valence-corrected chi connectivity index (χ3v) is 13.6. The molecule has 0 aromatic rings. The molecule has 1 fully saturated rings. The quantitative estimate of drug-likeness (QED) is 0.0158. The molecule has 0 radical (unpaired) electrons. The van der Waals surface area contributed by atoms with Gasteiger partial charge in [0.15, 0.2) is 0 Å². The predicted octanol–water partition coefficient (Wildman–Crippen LogP) is 9.37. The van der Waals surface area contributed by atoms with Gasteiger partial charge in [0.2, 0.25) is 5.91 Å². The zero-order valence-corrected chi connectivity index (χ0v) is 40.7. The van der Waals surface area contributed by atoms with E-state index in [0.717, 1.165) is 44.9 Å². The van der Waals surface area contributed by atoms with Gasteiger partial charge in [-0.05, 0) is 19.3 Å². The minimum absolute atomic E-state index is 0.239. The van der Waals surface area contributed by atoms with Gasteiger partial charge >= 0.3 is 7.82 Å². The second kappa shape index (κ2) is 39.1. The van der Waals surface area contributed by atoms with Crippen LogP contribution in [0.15, 0.2) is 12.2 Å². The summed E-state index contributed by atoms with van der Waals surface area (Å²) < 4.78 is 22.9. The van der Waals surface area contributed by atoms with E-state index in [2.05, 4.69) is 19.2 Å². The normalized spacial score (nSPS) is 22.9. The molecule has 0 heterocycles. The molecular weight excluding hydrogens is 826 g/mol. The summed E-state index contributed by atoms with van der Waals surface area (Å²) in [7, 11) is -5.14. The van der Waals surface area contributed by atoms with E-state index in [9.17, 15) is 50.0 Å². The summed E-state index contributed by atoms with van der Waals surface area (Å²) in [5.41, 5.74) is 0. The van der Waals surface area contributed by atoms with Crippen molar-refractivity contribution in [2.24, 2.45) is 0 Å². The number of hydrogen-bond acceptors (Lipinski definition) is 11. The first kappa shape index (κ1) is 60.1. The first-order chi connectivity index (χ1) is 30.3. The maximum atomic E-state index is 13.0. The number of aliphatic hydroxyl groups is 7. The van der Waals surface area contributed by atoms with Crippen molar-refractivity contribution in [3.05, 3.63) is 12.2 Å². The summed E-state index contributed by atoms with van der Waals surface area (Å²) in [5, 5.41) is 74.6. The smallest absolute Gasteiger partial charge is 0.393 e. The van der Waals surface area contributed by atoms with E-state index in [1.54, 1.807) is 6.08 Å². The minimum Gasteiger partial charge on any atom is -0.393 e. The lowest BCUT2D eigenvalue weighted by molar-refractivity contribution is -0.220. The van der Waals surface area contributed by atoms with Crippen molar-refractivity contribution in [1.82, 2.24) is 5.32 Å². The van der Waals surface area contributed by atoms with Crippen LogP contribution in [0, 0.1) is 0 Å².